The lowest BCUT2D eigenvalue weighted by Crippen LogP contribution is -2.38. The summed E-state index contributed by atoms with van der Waals surface area (Å²) in [5.74, 6) is 0.541. The van der Waals surface area contributed by atoms with Crippen molar-refractivity contribution in [2.45, 2.75) is 19.4 Å². The molecule has 18 heavy (non-hydrogen) atoms. The monoisotopic (exact) mass is 333 g/mol. The van der Waals surface area contributed by atoms with E-state index in [1.807, 2.05) is 0 Å². The van der Waals surface area contributed by atoms with Crippen LogP contribution in [0.3, 0.4) is 0 Å². The summed E-state index contributed by atoms with van der Waals surface area (Å²) in [7, 11) is 0. The maximum Gasteiger partial charge on any atom is 0.315 e. The average Bonchev–Trinajstić information content (AvgIpc) is 2.81. The number of halogens is 1. The van der Waals surface area contributed by atoms with Crippen molar-refractivity contribution in [2.75, 3.05) is 19.8 Å². The highest BCUT2D eigenvalue weighted by molar-refractivity contribution is 9.10. The van der Waals surface area contributed by atoms with Crippen molar-refractivity contribution < 1.29 is 9.53 Å². The molecule has 2 heterocycles. The molecule has 2 N–H and O–H groups in total. The minimum atomic E-state index is -0.123. The van der Waals surface area contributed by atoms with E-state index in [9.17, 15) is 4.79 Å². The summed E-state index contributed by atoms with van der Waals surface area (Å²) >= 11 is 4.76. The number of nitrogens with one attached hydrogen (secondary N) is 2. The highest BCUT2D eigenvalue weighted by atomic mass is 79.9. The number of ether oxygens (including phenoxy) is 1. The Morgan fingerprint density at radius 2 is 2.28 bits per heavy atom. The van der Waals surface area contributed by atoms with E-state index in [1.165, 1.54) is 11.5 Å². The van der Waals surface area contributed by atoms with Gasteiger partial charge in [-0.3, -0.25) is 0 Å². The van der Waals surface area contributed by atoms with Gasteiger partial charge < -0.3 is 15.4 Å². The summed E-state index contributed by atoms with van der Waals surface area (Å²) < 4.78 is 10.2. The number of carbonyl (C=O) groups is 1. The molecular weight excluding hydrogens is 318 g/mol. The van der Waals surface area contributed by atoms with Crippen molar-refractivity contribution in [2.24, 2.45) is 5.92 Å². The van der Waals surface area contributed by atoms with Gasteiger partial charge in [0.15, 0.2) is 0 Å². The van der Waals surface area contributed by atoms with E-state index in [4.69, 9.17) is 4.74 Å². The van der Waals surface area contributed by atoms with E-state index in [0.717, 1.165) is 42.0 Å². The van der Waals surface area contributed by atoms with Crippen molar-refractivity contribution in [3.63, 3.8) is 0 Å². The van der Waals surface area contributed by atoms with Gasteiger partial charge in [-0.1, -0.05) is 0 Å². The van der Waals surface area contributed by atoms with Crippen LogP contribution in [0.25, 0.3) is 0 Å². The topological polar surface area (TPSA) is 63.2 Å². The molecule has 7 heteroatoms. The molecule has 0 aromatic carbocycles. The number of hydrogen-bond donors (Lipinski definition) is 2. The normalized spacial score (nSPS) is 16.5. The summed E-state index contributed by atoms with van der Waals surface area (Å²) in [4.78, 5) is 12.6. The fourth-order valence-electron chi connectivity index (χ4n) is 1.78. The minimum Gasteiger partial charge on any atom is -0.381 e. The predicted octanol–water partition coefficient (Wildman–Crippen LogP) is 2.13. The first-order valence-electron chi connectivity index (χ1n) is 5.94. The van der Waals surface area contributed by atoms with Crippen LogP contribution in [0.4, 0.5) is 4.79 Å². The Morgan fingerprint density at radius 1 is 1.50 bits per heavy atom. The zero-order valence-corrected chi connectivity index (χ0v) is 12.3. The Hall–Kier alpha value is -0.660. The lowest BCUT2D eigenvalue weighted by atomic mass is 10.0. The van der Waals surface area contributed by atoms with Crippen LogP contribution in [0, 0.1) is 5.92 Å². The molecular formula is C11H16BrN3O2S. The van der Waals surface area contributed by atoms with Crippen LogP contribution >= 0.6 is 27.5 Å². The lowest BCUT2D eigenvalue weighted by molar-refractivity contribution is 0.0669. The number of amides is 2. The van der Waals surface area contributed by atoms with E-state index in [1.54, 1.807) is 6.20 Å². The largest absolute Gasteiger partial charge is 0.381 e. The summed E-state index contributed by atoms with van der Waals surface area (Å²) in [6, 6.07) is -0.123. The molecule has 0 aliphatic carbocycles. The van der Waals surface area contributed by atoms with Crippen LogP contribution < -0.4 is 10.6 Å². The van der Waals surface area contributed by atoms with Gasteiger partial charge in [0.1, 0.15) is 0 Å². The Kier molecular flexibility index (Phi) is 5.40. The van der Waals surface area contributed by atoms with Gasteiger partial charge in [-0.15, -0.1) is 0 Å². The summed E-state index contributed by atoms with van der Waals surface area (Å²) in [6.45, 7) is 2.84. The molecule has 5 nitrogen and oxygen atoms in total. The molecule has 0 radical (unpaired) electrons. The lowest BCUT2D eigenvalue weighted by Gasteiger charge is -2.22. The van der Waals surface area contributed by atoms with Crippen LogP contribution in [-0.4, -0.2) is 30.2 Å². The summed E-state index contributed by atoms with van der Waals surface area (Å²) in [5.41, 5.74) is 0. The molecule has 2 amide bonds. The first kappa shape index (κ1) is 13.8. The summed E-state index contributed by atoms with van der Waals surface area (Å²) in [6.07, 6.45) is 3.79. The Morgan fingerprint density at radius 3 is 2.94 bits per heavy atom. The van der Waals surface area contributed by atoms with Gasteiger partial charge in [-0.2, -0.15) is 4.37 Å². The average molecular weight is 334 g/mol. The molecule has 0 bridgehead atoms. The molecule has 0 spiro atoms. The highest BCUT2D eigenvalue weighted by Crippen LogP contribution is 2.19. The number of aromatic nitrogens is 1. The predicted molar refractivity (Wildman–Crippen MR) is 73.6 cm³/mol. The third-order valence-electron chi connectivity index (χ3n) is 2.90. The van der Waals surface area contributed by atoms with E-state index in [0.29, 0.717) is 12.5 Å². The smallest absolute Gasteiger partial charge is 0.315 e. The van der Waals surface area contributed by atoms with Crippen LogP contribution in [-0.2, 0) is 11.3 Å². The Labute approximate surface area is 119 Å². The third kappa shape index (κ3) is 4.22. The molecule has 1 aliphatic rings. The van der Waals surface area contributed by atoms with Crippen molar-refractivity contribution in [1.29, 1.82) is 0 Å². The second-order valence-corrected chi connectivity index (χ2v) is 5.96. The minimum absolute atomic E-state index is 0.123. The molecule has 2 rings (SSSR count). The number of hydrogen-bond acceptors (Lipinski definition) is 4. The number of carbonyl (C=O) groups excluding carboxylic acids is 1. The maximum absolute atomic E-state index is 11.6. The number of nitrogens with zero attached hydrogens (tertiary/aromatic N) is 1. The molecule has 0 unspecified atom stereocenters. The molecule has 1 fully saturated rings. The fourth-order valence-corrected chi connectivity index (χ4v) is 2.94. The van der Waals surface area contributed by atoms with Crippen molar-refractivity contribution >= 4 is 33.5 Å². The molecule has 100 valence electrons. The number of urea groups is 1. The van der Waals surface area contributed by atoms with E-state index < -0.39 is 0 Å². The number of rotatable bonds is 4. The molecule has 1 saturated heterocycles. The van der Waals surface area contributed by atoms with Crippen LogP contribution in [0.5, 0.6) is 0 Å². The van der Waals surface area contributed by atoms with Crippen molar-refractivity contribution in [3.8, 4) is 0 Å². The Bertz CT molecular complexity index is 393. The van der Waals surface area contributed by atoms with Crippen LogP contribution in [0.1, 0.15) is 17.7 Å². The van der Waals surface area contributed by atoms with E-state index in [-0.39, 0.29) is 6.03 Å². The molecule has 0 saturated carbocycles. The maximum atomic E-state index is 11.6. The molecule has 0 atom stereocenters. The zero-order valence-electron chi connectivity index (χ0n) is 9.95. The van der Waals surface area contributed by atoms with E-state index in [2.05, 4.69) is 30.9 Å². The standard InChI is InChI=1S/C11H16BrN3O2S/c12-9-6-15-18-10(9)7-14-11(16)13-5-8-1-3-17-4-2-8/h6,8H,1-5,7H2,(H2,13,14,16). The second kappa shape index (κ2) is 7.06. The van der Waals surface area contributed by atoms with E-state index >= 15 is 0 Å². The van der Waals surface area contributed by atoms with Gasteiger partial charge in [0.25, 0.3) is 0 Å². The third-order valence-corrected chi connectivity index (χ3v) is 4.64. The Balaban J connectivity index is 1.64. The highest BCUT2D eigenvalue weighted by Gasteiger charge is 2.14. The fraction of sp³-hybridized carbons (Fsp3) is 0.636. The van der Waals surface area contributed by atoms with Gasteiger partial charge in [0, 0.05) is 19.8 Å². The van der Waals surface area contributed by atoms with Crippen molar-refractivity contribution in [1.82, 2.24) is 15.0 Å². The van der Waals surface area contributed by atoms with Crippen molar-refractivity contribution in [3.05, 3.63) is 15.5 Å². The van der Waals surface area contributed by atoms with Crippen LogP contribution in [0.15, 0.2) is 10.7 Å². The molecule has 1 aliphatic heterocycles. The first-order chi connectivity index (χ1) is 8.75. The second-order valence-electron chi connectivity index (χ2n) is 4.22. The molecule has 1 aromatic heterocycles. The summed E-state index contributed by atoms with van der Waals surface area (Å²) in [5, 5.41) is 5.72. The van der Waals surface area contributed by atoms with Gasteiger partial charge in [-0.25, -0.2) is 4.79 Å². The zero-order chi connectivity index (χ0) is 12.8. The first-order valence-corrected chi connectivity index (χ1v) is 7.51. The van der Waals surface area contributed by atoms with Gasteiger partial charge in [0.2, 0.25) is 0 Å². The van der Waals surface area contributed by atoms with Gasteiger partial charge >= 0.3 is 6.03 Å². The quantitative estimate of drug-likeness (QED) is 0.887. The molecule has 1 aromatic rings. The van der Waals surface area contributed by atoms with Gasteiger partial charge in [0.05, 0.1) is 22.1 Å². The SMILES string of the molecule is O=C(NCc1sncc1Br)NCC1CCOCC1. The van der Waals surface area contributed by atoms with Gasteiger partial charge in [-0.05, 0) is 46.2 Å². The van der Waals surface area contributed by atoms with Crippen LogP contribution in [0.2, 0.25) is 0 Å².